The highest BCUT2D eigenvalue weighted by molar-refractivity contribution is 7.89. The molecule has 116 valence electrons. The van der Waals surface area contributed by atoms with Gasteiger partial charge in [-0.1, -0.05) is 12.5 Å². The zero-order chi connectivity index (χ0) is 15.5. The second kappa shape index (κ2) is 6.55. The monoisotopic (exact) mass is 311 g/mol. The van der Waals surface area contributed by atoms with Crippen LogP contribution in [0.3, 0.4) is 0 Å². The first-order valence-corrected chi connectivity index (χ1v) is 8.51. The third kappa shape index (κ3) is 3.61. The van der Waals surface area contributed by atoms with Crippen molar-refractivity contribution in [3.8, 4) is 0 Å². The highest BCUT2D eigenvalue weighted by atomic mass is 32.2. The largest absolute Gasteiger partial charge is 0.330 e. The van der Waals surface area contributed by atoms with E-state index in [0.29, 0.717) is 12.2 Å². The zero-order valence-electron chi connectivity index (χ0n) is 12.0. The second-order valence-corrected chi connectivity index (χ2v) is 7.14. The fourth-order valence-corrected chi connectivity index (χ4v) is 3.53. The van der Waals surface area contributed by atoms with E-state index >= 15 is 0 Å². The lowest BCUT2D eigenvalue weighted by atomic mass is 9.95. The number of hydrogen-bond acceptors (Lipinski definition) is 4. The molecule has 1 aliphatic carbocycles. The van der Waals surface area contributed by atoms with Crippen molar-refractivity contribution in [2.75, 3.05) is 18.9 Å². The molecule has 2 rings (SSSR count). The molecule has 2 unspecified atom stereocenters. The summed E-state index contributed by atoms with van der Waals surface area (Å²) in [6, 6.07) is 6.23. The van der Waals surface area contributed by atoms with Crippen molar-refractivity contribution >= 4 is 21.6 Å². The van der Waals surface area contributed by atoms with Gasteiger partial charge in [0.25, 0.3) is 0 Å². The van der Waals surface area contributed by atoms with Crippen molar-refractivity contribution in [1.82, 2.24) is 4.72 Å². The molecule has 1 aromatic carbocycles. The van der Waals surface area contributed by atoms with Crippen LogP contribution in [0.5, 0.6) is 0 Å². The van der Waals surface area contributed by atoms with Gasteiger partial charge in [0, 0.05) is 11.6 Å². The number of nitrogens with one attached hydrogen (secondary N) is 2. The molecule has 1 fully saturated rings. The van der Waals surface area contributed by atoms with Crippen LogP contribution in [-0.4, -0.2) is 27.9 Å². The summed E-state index contributed by atoms with van der Waals surface area (Å²) < 4.78 is 25.8. The molecule has 0 spiro atoms. The van der Waals surface area contributed by atoms with Crippen molar-refractivity contribution in [2.24, 2.45) is 17.6 Å². The molecule has 2 atom stereocenters. The van der Waals surface area contributed by atoms with Crippen LogP contribution in [0.4, 0.5) is 5.69 Å². The zero-order valence-corrected chi connectivity index (χ0v) is 12.8. The minimum absolute atomic E-state index is 0.0815. The van der Waals surface area contributed by atoms with Crippen LogP contribution >= 0.6 is 0 Å². The van der Waals surface area contributed by atoms with E-state index in [-0.39, 0.29) is 22.6 Å². The Kier molecular flexibility index (Phi) is 4.97. The first kappa shape index (κ1) is 15.9. The van der Waals surface area contributed by atoms with Crippen LogP contribution in [-0.2, 0) is 14.8 Å². The van der Waals surface area contributed by atoms with Gasteiger partial charge < -0.3 is 11.1 Å². The molecule has 1 amide bonds. The van der Waals surface area contributed by atoms with Gasteiger partial charge in [0.05, 0.1) is 4.90 Å². The van der Waals surface area contributed by atoms with E-state index < -0.39 is 10.0 Å². The lowest BCUT2D eigenvalue weighted by molar-refractivity contribution is -0.120. The van der Waals surface area contributed by atoms with Gasteiger partial charge >= 0.3 is 0 Å². The lowest BCUT2D eigenvalue weighted by Crippen LogP contribution is -2.29. The molecular weight excluding hydrogens is 290 g/mol. The third-order valence-electron chi connectivity index (χ3n) is 3.98. The molecule has 1 saturated carbocycles. The number of benzene rings is 1. The number of hydrogen-bond donors (Lipinski definition) is 3. The first-order chi connectivity index (χ1) is 9.97. The number of carbonyl (C=O) groups is 1. The van der Waals surface area contributed by atoms with Gasteiger partial charge in [0.1, 0.15) is 0 Å². The fourth-order valence-electron chi connectivity index (χ4n) is 2.76. The maximum absolute atomic E-state index is 12.3. The van der Waals surface area contributed by atoms with E-state index in [1.54, 1.807) is 12.1 Å². The summed E-state index contributed by atoms with van der Waals surface area (Å²) in [7, 11) is -2.16. The van der Waals surface area contributed by atoms with Crippen LogP contribution in [0.15, 0.2) is 29.2 Å². The molecule has 0 aromatic heterocycles. The summed E-state index contributed by atoms with van der Waals surface area (Å²) in [5.41, 5.74) is 6.17. The summed E-state index contributed by atoms with van der Waals surface area (Å²) in [5, 5.41) is 2.80. The van der Waals surface area contributed by atoms with Gasteiger partial charge in [-0.3, -0.25) is 4.79 Å². The summed E-state index contributed by atoms with van der Waals surface area (Å²) in [4.78, 5) is 12.4. The van der Waals surface area contributed by atoms with Crippen LogP contribution in [0.25, 0.3) is 0 Å². The fraction of sp³-hybridized carbons (Fsp3) is 0.500. The van der Waals surface area contributed by atoms with Crippen LogP contribution in [0.1, 0.15) is 19.3 Å². The highest BCUT2D eigenvalue weighted by Gasteiger charge is 2.31. The lowest BCUT2D eigenvalue weighted by Gasteiger charge is -2.17. The molecule has 4 N–H and O–H groups in total. The van der Waals surface area contributed by atoms with E-state index in [4.69, 9.17) is 5.73 Å². The SMILES string of the molecule is CNS(=O)(=O)c1cccc(NC(=O)C2CCCC2CN)c1. The first-order valence-electron chi connectivity index (χ1n) is 7.02. The molecule has 0 aliphatic heterocycles. The molecule has 21 heavy (non-hydrogen) atoms. The number of sulfonamides is 1. The van der Waals surface area contributed by atoms with E-state index in [1.165, 1.54) is 19.2 Å². The predicted octanol–water partition coefficient (Wildman–Crippen LogP) is 0.908. The number of carbonyl (C=O) groups excluding carboxylic acids is 1. The van der Waals surface area contributed by atoms with Gasteiger partial charge in [-0.05, 0) is 50.6 Å². The predicted molar refractivity (Wildman–Crippen MR) is 81.2 cm³/mol. The van der Waals surface area contributed by atoms with Crippen LogP contribution < -0.4 is 15.8 Å². The van der Waals surface area contributed by atoms with E-state index in [1.807, 2.05) is 0 Å². The Hall–Kier alpha value is -1.44. The Labute approximate surface area is 125 Å². The van der Waals surface area contributed by atoms with Gasteiger partial charge in [0.15, 0.2) is 0 Å². The smallest absolute Gasteiger partial charge is 0.240 e. The molecule has 0 radical (unpaired) electrons. The number of amides is 1. The third-order valence-corrected chi connectivity index (χ3v) is 5.39. The van der Waals surface area contributed by atoms with Crippen LogP contribution in [0, 0.1) is 11.8 Å². The average Bonchev–Trinajstić information content (AvgIpc) is 2.96. The Morgan fingerprint density at radius 2 is 2.14 bits per heavy atom. The average molecular weight is 311 g/mol. The summed E-state index contributed by atoms with van der Waals surface area (Å²) in [5.74, 6) is 0.0516. The standard InChI is InChI=1S/C14H21N3O3S/c1-16-21(19,20)12-6-3-5-11(8-12)17-14(18)13-7-2-4-10(13)9-15/h3,5-6,8,10,13,16H,2,4,7,9,15H2,1H3,(H,17,18). The Morgan fingerprint density at radius 1 is 1.38 bits per heavy atom. The normalized spacial score (nSPS) is 22.2. The molecule has 0 saturated heterocycles. The van der Waals surface area contributed by atoms with Crippen molar-refractivity contribution in [3.05, 3.63) is 24.3 Å². The van der Waals surface area contributed by atoms with Crippen molar-refractivity contribution in [1.29, 1.82) is 0 Å². The molecule has 6 nitrogen and oxygen atoms in total. The second-order valence-electron chi connectivity index (χ2n) is 5.26. The van der Waals surface area contributed by atoms with Crippen molar-refractivity contribution in [2.45, 2.75) is 24.2 Å². The van der Waals surface area contributed by atoms with Crippen molar-refractivity contribution < 1.29 is 13.2 Å². The molecular formula is C14H21N3O3S. The van der Waals surface area contributed by atoms with Gasteiger partial charge in [-0.25, -0.2) is 13.1 Å². The van der Waals surface area contributed by atoms with E-state index in [2.05, 4.69) is 10.0 Å². The topological polar surface area (TPSA) is 101 Å². The molecule has 0 heterocycles. The maximum Gasteiger partial charge on any atom is 0.240 e. The molecule has 1 aromatic rings. The number of rotatable bonds is 5. The molecule has 7 heteroatoms. The minimum atomic E-state index is -3.51. The van der Waals surface area contributed by atoms with Gasteiger partial charge in [0.2, 0.25) is 15.9 Å². The molecule has 0 bridgehead atoms. The Bertz CT molecular complexity index is 616. The van der Waals surface area contributed by atoms with Gasteiger partial charge in [-0.15, -0.1) is 0 Å². The molecule has 1 aliphatic rings. The summed E-state index contributed by atoms with van der Waals surface area (Å²) in [6.45, 7) is 0.506. The highest BCUT2D eigenvalue weighted by Crippen LogP contribution is 2.32. The van der Waals surface area contributed by atoms with Gasteiger partial charge in [-0.2, -0.15) is 0 Å². The minimum Gasteiger partial charge on any atom is -0.330 e. The van der Waals surface area contributed by atoms with E-state index in [9.17, 15) is 13.2 Å². The quantitative estimate of drug-likeness (QED) is 0.752. The Balaban J connectivity index is 2.13. The summed E-state index contributed by atoms with van der Waals surface area (Å²) >= 11 is 0. The summed E-state index contributed by atoms with van der Waals surface area (Å²) in [6.07, 6.45) is 2.82. The Morgan fingerprint density at radius 3 is 2.81 bits per heavy atom. The number of nitrogens with two attached hydrogens (primary N) is 1. The van der Waals surface area contributed by atoms with E-state index in [0.717, 1.165) is 19.3 Å². The van der Waals surface area contributed by atoms with Crippen molar-refractivity contribution in [3.63, 3.8) is 0 Å². The number of anilines is 1. The maximum atomic E-state index is 12.3. The van der Waals surface area contributed by atoms with Crippen LogP contribution in [0.2, 0.25) is 0 Å².